The summed E-state index contributed by atoms with van der Waals surface area (Å²) < 4.78 is 1.95. The molecule has 1 atom stereocenters. The molecule has 6 nitrogen and oxygen atoms in total. The highest BCUT2D eigenvalue weighted by Crippen LogP contribution is 1.95. The zero-order valence-corrected chi connectivity index (χ0v) is 11.4. The molecule has 2 N–H and O–H groups in total. The minimum Gasteiger partial charge on any atom is -0.353 e. The number of nitrogens with one attached hydrogen (secondary N) is 2. The van der Waals surface area contributed by atoms with E-state index >= 15 is 0 Å². The highest BCUT2D eigenvalue weighted by molar-refractivity contribution is 5.78. The van der Waals surface area contributed by atoms with Crippen LogP contribution >= 0.6 is 0 Å². The van der Waals surface area contributed by atoms with E-state index in [1.54, 1.807) is 6.33 Å². The lowest BCUT2D eigenvalue weighted by Crippen LogP contribution is -2.39. The summed E-state index contributed by atoms with van der Waals surface area (Å²) in [5.74, 6) is 0.880. The molecule has 0 aliphatic heterocycles. The van der Waals surface area contributed by atoms with Crippen LogP contribution in [0, 0.1) is 0 Å². The summed E-state index contributed by atoms with van der Waals surface area (Å²) in [6.07, 6.45) is 3.78. The number of aryl methyl sites for hydroxylation is 1. The number of rotatable bonds is 8. The van der Waals surface area contributed by atoms with E-state index in [0.717, 1.165) is 25.2 Å². The molecular formula is C12H23N5O. The minimum absolute atomic E-state index is 0.0264. The first kappa shape index (κ1) is 14.6. The maximum Gasteiger partial charge on any atom is 0.234 e. The van der Waals surface area contributed by atoms with Crippen molar-refractivity contribution in [2.24, 2.45) is 0 Å². The number of hydrogen-bond donors (Lipinski definition) is 2. The predicted octanol–water partition coefficient (Wildman–Crippen LogP) is 0.692. The molecule has 0 saturated carbocycles. The fourth-order valence-electron chi connectivity index (χ4n) is 1.80. The van der Waals surface area contributed by atoms with Crippen molar-refractivity contribution >= 4 is 5.91 Å². The topological polar surface area (TPSA) is 71.8 Å². The second-order valence-electron chi connectivity index (χ2n) is 4.39. The van der Waals surface area contributed by atoms with Crippen LogP contribution in [0.15, 0.2) is 6.33 Å². The lowest BCUT2D eigenvalue weighted by atomic mass is 10.2. The van der Waals surface area contributed by atoms with Gasteiger partial charge in [0.15, 0.2) is 0 Å². The van der Waals surface area contributed by atoms with E-state index in [1.165, 1.54) is 0 Å². The Bertz CT molecular complexity index is 363. The molecule has 1 aromatic heterocycles. The standard InChI is InChI=1S/C12H23N5O/c1-4-6-10(3)15-12(18)8-13-7-11-16-14-9-17(11)5-2/h9-10,13H,4-8H2,1-3H3,(H,15,18). The second-order valence-corrected chi connectivity index (χ2v) is 4.39. The normalized spacial score (nSPS) is 12.4. The van der Waals surface area contributed by atoms with E-state index < -0.39 is 0 Å². The van der Waals surface area contributed by atoms with Crippen LogP contribution in [0.5, 0.6) is 0 Å². The van der Waals surface area contributed by atoms with Crippen LogP contribution in [0.3, 0.4) is 0 Å². The van der Waals surface area contributed by atoms with E-state index in [-0.39, 0.29) is 11.9 Å². The Balaban J connectivity index is 2.23. The maximum atomic E-state index is 11.6. The van der Waals surface area contributed by atoms with Gasteiger partial charge in [-0.05, 0) is 20.3 Å². The highest BCUT2D eigenvalue weighted by atomic mass is 16.1. The Morgan fingerprint density at radius 3 is 2.94 bits per heavy atom. The van der Waals surface area contributed by atoms with Gasteiger partial charge in [0.05, 0.1) is 13.1 Å². The van der Waals surface area contributed by atoms with Gasteiger partial charge in [-0.25, -0.2) is 0 Å². The van der Waals surface area contributed by atoms with Crippen molar-refractivity contribution in [2.75, 3.05) is 6.54 Å². The predicted molar refractivity (Wildman–Crippen MR) is 69.9 cm³/mol. The second kappa shape index (κ2) is 7.81. The van der Waals surface area contributed by atoms with Crippen molar-refractivity contribution in [1.29, 1.82) is 0 Å². The van der Waals surface area contributed by atoms with E-state index in [0.29, 0.717) is 13.1 Å². The largest absolute Gasteiger partial charge is 0.353 e. The van der Waals surface area contributed by atoms with E-state index in [2.05, 4.69) is 27.8 Å². The van der Waals surface area contributed by atoms with E-state index in [9.17, 15) is 4.79 Å². The Hall–Kier alpha value is -1.43. The van der Waals surface area contributed by atoms with Crippen molar-refractivity contribution in [3.05, 3.63) is 12.2 Å². The van der Waals surface area contributed by atoms with Gasteiger partial charge in [0.1, 0.15) is 12.2 Å². The third-order valence-electron chi connectivity index (χ3n) is 2.73. The van der Waals surface area contributed by atoms with Crippen LogP contribution in [0.1, 0.15) is 39.4 Å². The Morgan fingerprint density at radius 2 is 2.28 bits per heavy atom. The van der Waals surface area contributed by atoms with Gasteiger partial charge < -0.3 is 15.2 Å². The number of aromatic nitrogens is 3. The molecule has 0 aromatic carbocycles. The summed E-state index contributed by atoms with van der Waals surface area (Å²) in [5.41, 5.74) is 0. The van der Waals surface area contributed by atoms with Crippen molar-refractivity contribution < 1.29 is 4.79 Å². The molecule has 102 valence electrons. The molecule has 0 radical (unpaired) electrons. The smallest absolute Gasteiger partial charge is 0.234 e. The molecule has 0 aliphatic carbocycles. The molecule has 1 heterocycles. The van der Waals surface area contributed by atoms with Gasteiger partial charge in [-0.3, -0.25) is 4.79 Å². The molecule has 0 bridgehead atoms. The Kier molecular flexibility index (Phi) is 6.35. The number of carbonyl (C=O) groups is 1. The van der Waals surface area contributed by atoms with Gasteiger partial charge in [-0.1, -0.05) is 13.3 Å². The molecule has 1 aromatic rings. The van der Waals surface area contributed by atoms with Gasteiger partial charge in [0, 0.05) is 12.6 Å². The zero-order chi connectivity index (χ0) is 13.4. The van der Waals surface area contributed by atoms with Gasteiger partial charge in [0.2, 0.25) is 5.91 Å². The summed E-state index contributed by atoms with van der Waals surface area (Å²) in [6.45, 7) is 7.87. The lowest BCUT2D eigenvalue weighted by Gasteiger charge is -2.13. The van der Waals surface area contributed by atoms with E-state index in [4.69, 9.17) is 0 Å². The third-order valence-corrected chi connectivity index (χ3v) is 2.73. The number of hydrogen-bond acceptors (Lipinski definition) is 4. The maximum absolute atomic E-state index is 11.6. The van der Waals surface area contributed by atoms with Crippen molar-refractivity contribution in [2.45, 2.75) is 52.7 Å². The van der Waals surface area contributed by atoms with Gasteiger partial charge in [-0.2, -0.15) is 0 Å². The van der Waals surface area contributed by atoms with Gasteiger partial charge in [0.25, 0.3) is 0 Å². The fourth-order valence-corrected chi connectivity index (χ4v) is 1.80. The fraction of sp³-hybridized carbons (Fsp3) is 0.750. The first-order valence-electron chi connectivity index (χ1n) is 6.54. The molecular weight excluding hydrogens is 230 g/mol. The Morgan fingerprint density at radius 1 is 1.50 bits per heavy atom. The van der Waals surface area contributed by atoms with Crippen LogP contribution in [0.4, 0.5) is 0 Å². The van der Waals surface area contributed by atoms with Crippen LogP contribution in [0.2, 0.25) is 0 Å². The molecule has 18 heavy (non-hydrogen) atoms. The first-order valence-corrected chi connectivity index (χ1v) is 6.54. The van der Waals surface area contributed by atoms with Gasteiger partial charge >= 0.3 is 0 Å². The quantitative estimate of drug-likeness (QED) is 0.715. The van der Waals surface area contributed by atoms with Crippen molar-refractivity contribution in [3.8, 4) is 0 Å². The SMILES string of the molecule is CCCC(C)NC(=O)CNCc1nncn1CC. The van der Waals surface area contributed by atoms with Crippen LogP contribution in [-0.4, -0.2) is 33.3 Å². The third kappa shape index (κ3) is 4.83. The summed E-state index contributed by atoms with van der Waals surface area (Å²) in [6, 6.07) is 0.239. The summed E-state index contributed by atoms with van der Waals surface area (Å²) >= 11 is 0. The summed E-state index contributed by atoms with van der Waals surface area (Å²) in [7, 11) is 0. The monoisotopic (exact) mass is 253 g/mol. The molecule has 1 rings (SSSR count). The number of amides is 1. The van der Waals surface area contributed by atoms with Crippen molar-refractivity contribution in [1.82, 2.24) is 25.4 Å². The molecule has 0 aliphatic rings. The summed E-state index contributed by atoms with van der Waals surface area (Å²) in [4.78, 5) is 11.6. The average Bonchev–Trinajstić information content (AvgIpc) is 2.76. The molecule has 1 amide bonds. The highest BCUT2D eigenvalue weighted by Gasteiger charge is 2.07. The molecule has 0 saturated heterocycles. The minimum atomic E-state index is 0.0264. The zero-order valence-electron chi connectivity index (χ0n) is 11.4. The summed E-state index contributed by atoms with van der Waals surface area (Å²) in [5, 5.41) is 13.8. The first-order chi connectivity index (χ1) is 8.67. The van der Waals surface area contributed by atoms with Crippen LogP contribution in [-0.2, 0) is 17.9 Å². The van der Waals surface area contributed by atoms with Crippen LogP contribution < -0.4 is 10.6 Å². The molecule has 6 heteroatoms. The molecule has 0 fully saturated rings. The number of nitrogens with zero attached hydrogens (tertiary/aromatic N) is 3. The lowest BCUT2D eigenvalue weighted by molar-refractivity contribution is -0.120. The van der Waals surface area contributed by atoms with Crippen LogP contribution in [0.25, 0.3) is 0 Å². The Labute approximate surface area is 108 Å². The average molecular weight is 253 g/mol. The molecule has 0 spiro atoms. The van der Waals surface area contributed by atoms with Gasteiger partial charge in [-0.15, -0.1) is 10.2 Å². The number of carbonyl (C=O) groups excluding carboxylic acids is 1. The molecule has 1 unspecified atom stereocenters. The van der Waals surface area contributed by atoms with E-state index in [1.807, 2.05) is 18.4 Å². The van der Waals surface area contributed by atoms with Crippen molar-refractivity contribution in [3.63, 3.8) is 0 Å².